The molecule has 1 rings (SSSR count). The number of anilines is 1. The molecule has 3 N–H and O–H groups in total. The van der Waals surface area contributed by atoms with Gasteiger partial charge in [0.15, 0.2) is 9.34 Å². The van der Waals surface area contributed by atoms with Crippen LogP contribution in [0.5, 0.6) is 0 Å². The largest absolute Gasteiger partial charge is 0.375 e. The summed E-state index contributed by atoms with van der Waals surface area (Å²) >= 11 is 1.01. The zero-order valence-electron chi connectivity index (χ0n) is 10.2. The smallest absolute Gasteiger partial charge is 0.252 e. The Balaban J connectivity index is 2.54. The highest BCUT2D eigenvalue weighted by molar-refractivity contribution is 7.91. The lowest BCUT2D eigenvalue weighted by molar-refractivity contribution is 0.575. The van der Waals surface area contributed by atoms with E-state index in [1.807, 2.05) is 0 Å². The number of hydrogen-bond donors (Lipinski definition) is 2. The number of hydrogen-bond acceptors (Lipinski definition) is 5. The second-order valence-electron chi connectivity index (χ2n) is 3.88. The van der Waals surface area contributed by atoms with E-state index in [9.17, 15) is 8.42 Å². The monoisotopic (exact) mass is 277 g/mol. The fraction of sp³-hybridized carbons (Fsp3) is 0.700. The number of unbranched alkanes of at least 4 members (excludes halogenated alkanes) is 3. The van der Waals surface area contributed by atoms with Crippen LogP contribution in [0.4, 0.5) is 5.13 Å². The molecule has 0 radical (unpaired) electrons. The van der Waals surface area contributed by atoms with Crippen molar-refractivity contribution in [2.75, 3.05) is 12.3 Å². The Kier molecular flexibility index (Phi) is 5.35. The van der Waals surface area contributed by atoms with Crippen molar-refractivity contribution in [3.8, 4) is 0 Å². The van der Waals surface area contributed by atoms with Crippen LogP contribution in [0.1, 0.15) is 38.3 Å². The van der Waals surface area contributed by atoms with Gasteiger partial charge >= 0.3 is 0 Å². The fourth-order valence-electron chi connectivity index (χ4n) is 1.48. The Bertz CT molecular complexity index is 454. The van der Waals surface area contributed by atoms with Crippen LogP contribution < -0.4 is 10.5 Å². The van der Waals surface area contributed by atoms with Gasteiger partial charge in [-0.1, -0.05) is 37.5 Å². The summed E-state index contributed by atoms with van der Waals surface area (Å²) in [5, 5.41) is 0.286. The van der Waals surface area contributed by atoms with Crippen molar-refractivity contribution in [1.29, 1.82) is 0 Å². The highest BCUT2D eigenvalue weighted by atomic mass is 32.2. The topological polar surface area (TPSA) is 85.1 Å². The third-order valence-electron chi connectivity index (χ3n) is 2.34. The van der Waals surface area contributed by atoms with Crippen molar-refractivity contribution < 1.29 is 8.42 Å². The van der Waals surface area contributed by atoms with Gasteiger partial charge in [-0.3, -0.25) is 0 Å². The number of aryl methyl sites for hydroxylation is 1. The Morgan fingerprint density at radius 3 is 2.59 bits per heavy atom. The number of nitrogen functional groups attached to an aromatic ring is 1. The first-order valence-electron chi connectivity index (χ1n) is 5.70. The van der Waals surface area contributed by atoms with Gasteiger partial charge in [-0.05, 0) is 13.3 Å². The molecule has 98 valence electrons. The van der Waals surface area contributed by atoms with Crippen LogP contribution in [0.3, 0.4) is 0 Å². The molecule has 7 heteroatoms. The molecule has 1 aromatic heterocycles. The van der Waals surface area contributed by atoms with Gasteiger partial charge in [0.1, 0.15) is 0 Å². The lowest BCUT2D eigenvalue weighted by Crippen LogP contribution is -2.24. The maximum absolute atomic E-state index is 11.9. The van der Waals surface area contributed by atoms with Crippen LogP contribution in [0.15, 0.2) is 4.21 Å². The SMILES string of the molecule is CCCCCCNS(=O)(=O)c1sc(N)nc1C. The minimum atomic E-state index is -3.43. The number of nitrogens with zero attached hydrogens (tertiary/aromatic N) is 1. The van der Waals surface area contributed by atoms with Gasteiger partial charge in [-0.15, -0.1) is 0 Å². The van der Waals surface area contributed by atoms with E-state index in [2.05, 4.69) is 16.6 Å². The predicted octanol–water partition coefficient (Wildman–Crippen LogP) is 1.89. The summed E-state index contributed by atoms with van der Waals surface area (Å²) in [4.78, 5) is 3.91. The second kappa shape index (κ2) is 6.32. The summed E-state index contributed by atoms with van der Waals surface area (Å²) in [6.45, 7) is 4.24. The lowest BCUT2D eigenvalue weighted by atomic mass is 10.2. The van der Waals surface area contributed by atoms with Gasteiger partial charge in [-0.25, -0.2) is 18.1 Å². The van der Waals surface area contributed by atoms with Gasteiger partial charge in [0.25, 0.3) is 10.0 Å². The van der Waals surface area contributed by atoms with E-state index in [0.29, 0.717) is 12.2 Å². The summed E-state index contributed by atoms with van der Waals surface area (Å²) in [5.74, 6) is 0. The van der Waals surface area contributed by atoms with E-state index in [4.69, 9.17) is 5.73 Å². The summed E-state index contributed by atoms with van der Waals surface area (Å²) in [7, 11) is -3.43. The van der Waals surface area contributed by atoms with Crippen LogP contribution >= 0.6 is 11.3 Å². The molecule has 0 spiro atoms. The molecular weight excluding hydrogens is 258 g/mol. The van der Waals surface area contributed by atoms with E-state index in [1.54, 1.807) is 6.92 Å². The summed E-state index contributed by atoms with van der Waals surface area (Å²) in [6.07, 6.45) is 4.18. The van der Waals surface area contributed by atoms with Crippen molar-refractivity contribution in [1.82, 2.24) is 9.71 Å². The Morgan fingerprint density at radius 1 is 1.35 bits per heavy atom. The van der Waals surface area contributed by atoms with Gasteiger partial charge in [-0.2, -0.15) is 0 Å². The van der Waals surface area contributed by atoms with Crippen LogP contribution in [-0.2, 0) is 10.0 Å². The van der Waals surface area contributed by atoms with Crippen LogP contribution in [0, 0.1) is 6.92 Å². The quantitative estimate of drug-likeness (QED) is 0.745. The molecule has 5 nitrogen and oxygen atoms in total. The van der Waals surface area contributed by atoms with Crippen LogP contribution in [-0.4, -0.2) is 19.9 Å². The molecule has 0 aliphatic heterocycles. The van der Waals surface area contributed by atoms with Gasteiger partial charge < -0.3 is 5.73 Å². The van der Waals surface area contributed by atoms with Crippen molar-refractivity contribution in [2.45, 2.75) is 43.7 Å². The molecule has 0 unspecified atom stereocenters. The zero-order valence-corrected chi connectivity index (χ0v) is 11.8. The molecule has 0 fully saturated rings. The number of nitrogens with one attached hydrogen (secondary N) is 1. The number of rotatable bonds is 7. The standard InChI is InChI=1S/C10H19N3O2S2/c1-3-4-5-6-7-12-17(14,15)9-8(2)13-10(11)16-9/h12H,3-7H2,1-2H3,(H2,11,13). The Morgan fingerprint density at radius 2 is 2.06 bits per heavy atom. The Hall–Kier alpha value is -0.660. The summed E-state index contributed by atoms with van der Waals surface area (Å²) in [5.41, 5.74) is 5.95. The van der Waals surface area contributed by atoms with E-state index < -0.39 is 10.0 Å². The molecule has 0 saturated carbocycles. The molecule has 1 heterocycles. The molecule has 17 heavy (non-hydrogen) atoms. The highest BCUT2D eigenvalue weighted by Crippen LogP contribution is 2.24. The molecule has 0 aromatic carbocycles. The first-order valence-corrected chi connectivity index (χ1v) is 8.00. The van der Waals surface area contributed by atoms with Gasteiger partial charge in [0, 0.05) is 6.54 Å². The normalized spacial score (nSPS) is 11.9. The van der Waals surface area contributed by atoms with E-state index in [-0.39, 0.29) is 9.34 Å². The molecule has 0 aliphatic carbocycles. The van der Waals surface area contributed by atoms with Crippen LogP contribution in [0.2, 0.25) is 0 Å². The van der Waals surface area contributed by atoms with E-state index >= 15 is 0 Å². The minimum Gasteiger partial charge on any atom is -0.375 e. The Labute approximate surface area is 106 Å². The maximum atomic E-state index is 11.9. The van der Waals surface area contributed by atoms with Crippen molar-refractivity contribution in [3.05, 3.63) is 5.69 Å². The summed E-state index contributed by atoms with van der Waals surface area (Å²) < 4.78 is 26.6. The molecule has 0 aliphatic rings. The third-order valence-corrected chi connectivity index (χ3v) is 5.39. The molecule has 0 bridgehead atoms. The molecule has 0 atom stereocenters. The second-order valence-corrected chi connectivity index (χ2v) is 6.88. The van der Waals surface area contributed by atoms with Crippen molar-refractivity contribution >= 4 is 26.5 Å². The maximum Gasteiger partial charge on any atom is 0.252 e. The summed E-state index contributed by atoms with van der Waals surface area (Å²) in [6, 6.07) is 0. The molecule has 1 aromatic rings. The van der Waals surface area contributed by atoms with E-state index in [0.717, 1.165) is 37.0 Å². The molecular formula is C10H19N3O2S2. The van der Waals surface area contributed by atoms with Crippen molar-refractivity contribution in [2.24, 2.45) is 0 Å². The number of thiazole rings is 1. The number of sulfonamides is 1. The minimum absolute atomic E-state index is 0.227. The number of aromatic nitrogens is 1. The zero-order chi connectivity index (χ0) is 12.9. The highest BCUT2D eigenvalue weighted by Gasteiger charge is 2.20. The van der Waals surface area contributed by atoms with Crippen LogP contribution in [0.25, 0.3) is 0 Å². The predicted molar refractivity (Wildman–Crippen MR) is 70.6 cm³/mol. The van der Waals surface area contributed by atoms with Gasteiger partial charge in [0.05, 0.1) is 5.69 Å². The van der Waals surface area contributed by atoms with Crippen molar-refractivity contribution in [3.63, 3.8) is 0 Å². The average Bonchev–Trinajstić information content (AvgIpc) is 2.58. The molecule has 0 saturated heterocycles. The lowest BCUT2D eigenvalue weighted by Gasteiger charge is -2.04. The fourth-order valence-corrected chi connectivity index (χ4v) is 3.89. The first-order chi connectivity index (χ1) is 7.97. The van der Waals surface area contributed by atoms with Gasteiger partial charge in [0.2, 0.25) is 0 Å². The third kappa shape index (κ3) is 4.25. The van der Waals surface area contributed by atoms with E-state index in [1.165, 1.54) is 0 Å². The molecule has 0 amide bonds. The first kappa shape index (κ1) is 14.4. The average molecular weight is 277 g/mol. The number of nitrogens with two attached hydrogens (primary N) is 1.